The summed E-state index contributed by atoms with van der Waals surface area (Å²) in [7, 11) is 0. The van der Waals surface area contributed by atoms with Gasteiger partial charge in [0.2, 0.25) is 11.9 Å². The molecule has 0 aliphatic rings. The summed E-state index contributed by atoms with van der Waals surface area (Å²) < 4.78 is 0. The molecular formula is C21H23N5O. The van der Waals surface area contributed by atoms with Crippen molar-refractivity contribution >= 4 is 34.7 Å². The summed E-state index contributed by atoms with van der Waals surface area (Å²) in [6, 6.07) is 17.5. The molecule has 0 spiro atoms. The summed E-state index contributed by atoms with van der Waals surface area (Å²) in [5.41, 5.74) is 4.62. The molecule has 0 radical (unpaired) electrons. The second-order valence-electron chi connectivity index (χ2n) is 6.24. The molecule has 27 heavy (non-hydrogen) atoms. The Kier molecular flexibility index (Phi) is 5.66. The van der Waals surface area contributed by atoms with Crippen LogP contribution in [0.3, 0.4) is 0 Å². The summed E-state index contributed by atoms with van der Waals surface area (Å²) in [5.74, 6) is 1.11. The van der Waals surface area contributed by atoms with Gasteiger partial charge in [0.1, 0.15) is 5.82 Å². The number of aromatic nitrogens is 2. The Morgan fingerprint density at radius 2 is 1.74 bits per heavy atom. The average Bonchev–Trinajstić information content (AvgIpc) is 2.61. The molecule has 2 aromatic carbocycles. The van der Waals surface area contributed by atoms with E-state index in [-0.39, 0.29) is 5.91 Å². The molecule has 0 fully saturated rings. The van der Waals surface area contributed by atoms with E-state index in [2.05, 4.69) is 38.9 Å². The van der Waals surface area contributed by atoms with Gasteiger partial charge in [-0.25, -0.2) is 4.98 Å². The molecule has 3 N–H and O–H groups in total. The van der Waals surface area contributed by atoms with Crippen LogP contribution in [-0.2, 0) is 11.2 Å². The number of anilines is 5. The van der Waals surface area contributed by atoms with Gasteiger partial charge >= 0.3 is 0 Å². The van der Waals surface area contributed by atoms with Gasteiger partial charge in [0.05, 0.1) is 0 Å². The lowest BCUT2D eigenvalue weighted by molar-refractivity contribution is -0.114. The van der Waals surface area contributed by atoms with Crippen molar-refractivity contribution in [3.8, 4) is 0 Å². The summed E-state index contributed by atoms with van der Waals surface area (Å²) in [6.07, 6.45) is 0.927. The van der Waals surface area contributed by atoms with E-state index in [0.29, 0.717) is 11.8 Å². The fourth-order valence-electron chi connectivity index (χ4n) is 2.79. The van der Waals surface area contributed by atoms with Crippen molar-refractivity contribution in [2.24, 2.45) is 0 Å². The molecule has 0 saturated carbocycles. The van der Waals surface area contributed by atoms with Crippen LogP contribution in [0.1, 0.15) is 25.1 Å². The monoisotopic (exact) mass is 361 g/mol. The Balaban J connectivity index is 1.82. The lowest BCUT2D eigenvalue weighted by Gasteiger charge is -2.12. The van der Waals surface area contributed by atoms with Crippen LogP contribution in [0.2, 0.25) is 0 Å². The largest absolute Gasteiger partial charge is 0.340 e. The molecule has 6 nitrogen and oxygen atoms in total. The molecule has 3 rings (SSSR count). The number of para-hydroxylation sites is 1. The van der Waals surface area contributed by atoms with Crippen LogP contribution < -0.4 is 16.0 Å². The van der Waals surface area contributed by atoms with E-state index in [1.807, 2.05) is 55.5 Å². The van der Waals surface area contributed by atoms with Crippen LogP contribution in [0.15, 0.2) is 54.6 Å². The first-order valence-electron chi connectivity index (χ1n) is 8.89. The highest BCUT2D eigenvalue weighted by atomic mass is 16.1. The molecule has 1 aromatic heterocycles. The molecule has 1 heterocycles. The summed E-state index contributed by atoms with van der Waals surface area (Å²) in [4.78, 5) is 20.3. The Morgan fingerprint density at radius 3 is 2.52 bits per heavy atom. The standard InChI is InChI=1S/C21H23N5O/c1-4-16-8-5-6-11-19(16)25-21-22-14(2)12-20(26-21)24-18-10-7-9-17(13-18)23-15(3)27/h5-13H,4H2,1-3H3,(H,23,27)(H2,22,24,25,26). The summed E-state index contributed by atoms with van der Waals surface area (Å²) >= 11 is 0. The van der Waals surface area contributed by atoms with Gasteiger partial charge in [0, 0.05) is 35.7 Å². The van der Waals surface area contributed by atoms with Crippen molar-refractivity contribution in [3.05, 3.63) is 65.9 Å². The van der Waals surface area contributed by atoms with E-state index < -0.39 is 0 Å². The molecule has 138 valence electrons. The summed E-state index contributed by atoms with van der Waals surface area (Å²) in [6.45, 7) is 5.53. The molecular weight excluding hydrogens is 338 g/mol. The first kappa shape index (κ1) is 18.4. The van der Waals surface area contributed by atoms with E-state index in [1.165, 1.54) is 12.5 Å². The molecule has 0 aliphatic heterocycles. The van der Waals surface area contributed by atoms with Crippen LogP contribution in [0.25, 0.3) is 0 Å². The Hall–Kier alpha value is -3.41. The van der Waals surface area contributed by atoms with E-state index in [1.54, 1.807) is 0 Å². The zero-order valence-electron chi connectivity index (χ0n) is 15.7. The fraction of sp³-hybridized carbons (Fsp3) is 0.190. The number of rotatable bonds is 6. The smallest absolute Gasteiger partial charge is 0.229 e. The number of hydrogen-bond donors (Lipinski definition) is 3. The third kappa shape index (κ3) is 5.04. The number of amides is 1. The zero-order chi connectivity index (χ0) is 19.2. The summed E-state index contributed by atoms with van der Waals surface area (Å²) in [5, 5.41) is 9.35. The van der Waals surface area contributed by atoms with Crippen LogP contribution in [-0.4, -0.2) is 15.9 Å². The number of nitrogens with zero attached hydrogens (tertiary/aromatic N) is 2. The molecule has 0 atom stereocenters. The van der Waals surface area contributed by atoms with Crippen molar-refractivity contribution in [1.29, 1.82) is 0 Å². The van der Waals surface area contributed by atoms with Gasteiger partial charge < -0.3 is 16.0 Å². The molecule has 0 unspecified atom stereocenters. The minimum atomic E-state index is -0.105. The minimum absolute atomic E-state index is 0.105. The SMILES string of the molecule is CCc1ccccc1Nc1nc(C)cc(Nc2cccc(NC(C)=O)c2)n1. The Morgan fingerprint density at radius 1 is 0.963 bits per heavy atom. The average molecular weight is 361 g/mol. The predicted octanol–water partition coefficient (Wildman–Crippen LogP) is 4.79. The number of nitrogens with one attached hydrogen (secondary N) is 3. The van der Waals surface area contributed by atoms with Crippen molar-refractivity contribution < 1.29 is 4.79 Å². The number of hydrogen-bond acceptors (Lipinski definition) is 5. The fourth-order valence-corrected chi connectivity index (χ4v) is 2.79. The van der Waals surface area contributed by atoms with Gasteiger partial charge in [-0.1, -0.05) is 31.2 Å². The van der Waals surface area contributed by atoms with Gasteiger partial charge in [-0.15, -0.1) is 0 Å². The number of carbonyl (C=O) groups is 1. The van der Waals surface area contributed by atoms with Gasteiger partial charge in [-0.05, 0) is 43.2 Å². The third-order valence-electron chi connectivity index (χ3n) is 3.95. The minimum Gasteiger partial charge on any atom is -0.340 e. The third-order valence-corrected chi connectivity index (χ3v) is 3.95. The van der Waals surface area contributed by atoms with Crippen LogP contribution in [0.4, 0.5) is 28.8 Å². The highest BCUT2D eigenvalue weighted by molar-refractivity contribution is 5.89. The quantitative estimate of drug-likeness (QED) is 0.588. The van der Waals surface area contributed by atoms with Crippen LogP contribution >= 0.6 is 0 Å². The highest BCUT2D eigenvalue weighted by Gasteiger charge is 2.06. The van der Waals surface area contributed by atoms with Crippen molar-refractivity contribution in [2.45, 2.75) is 27.2 Å². The number of carbonyl (C=O) groups excluding carboxylic acids is 1. The topological polar surface area (TPSA) is 78.9 Å². The lowest BCUT2D eigenvalue weighted by atomic mass is 10.1. The maximum Gasteiger partial charge on any atom is 0.229 e. The van der Waals surface area contributed by atoms with Crippen molar-refractivity contribution in [2.75, 3.05) is 16.0 Å². The molecule has 0 bridgehead atoms. The molecule has 3 aromatic rings. The first-order chi connectivity index (χ1) is 13.0. The number of aryl methyl sites for hydroxylation is 2. The maximum absolute atomic E-state index is 11.2. The molecule has 0 aliphatic carbocycles. The van der Waals surface area contributed by atoms with Gasteiger partial charge in [0.15, 0.2) is 0 Å². The van der Waals surface area contributed by atoms with Gasteiger partial charge in [-0.3, -0.25) is 4.79 Å². The number of benzene rings is 2. The Labute approximate surface area is 159 Å². The van der Waals surface area contributed by atoms with Crippen molar-refractivity contribution in [3.63, 3.8) is 0 Å². The second-order valence-corrected chi connectivity index (χ2v) is 6.24. The maximum atomic E-state index is 11.2. The second kappa shape index (κ2) is 8.31. The first-order valence-corrected chi connectivity index (χ1v) is 8.89. The van der Waals surface area contributed by atoms with Crippen LogP contribution in [0, 0.1) is 6.92 Å². The van der Waals surface area contributed by atoms with E-state index in [4.69, 9.17) is 0 Å². The lowest BCUT2D eigenvalue weighted by Crippen LogP contribution is -2.06. The highest BCUT2D eigenvalue weighted by Crippen LogP contribution is 2.23. The zero-order valence-corrected chi connectivity index (χ0v) is 15.7. The van der Waals surface area contributed by atoms with Crippen LogP contribution in [0.5, 0.6) is 0 Å². The predicted molar refractivity (Wildman–Crippen MR) is 110 cm³/mol. The normalized spacial score (nSPS) is 10.3. The molecule has 0 saturated heterocycles. The van der Waals surface area contributed by atoms with Gasteiger partial charge in [-0.2, -0.15) is 4.98 Å². The molecule has 1 amide bonds. The Bertz CT molecular complexity index is 955. The van der Waals surface area contributed by atoms with Gasteiger partial charge in [0.25, 0.3) is 0 Å². The van der Waals surface area contributed by atoms with Crippen molar-refractivity contribution in [1.82, 2.24) is 9.97 Å². The van der Waals surface area contributed by atoms with E-state index >= 15 is 0 Å². The van der Waals surface area contributed by atoms with E-state index in [0.717, 1.165) is 29.2 Å². The van der Waals surface area contributed by atoms with E-state index in [9.17, 15) is 4.79 Å². The molecule has 6 heteroatoms.